The van der Waals surface area contributed by atoms with Gasteiger partial charge in [0, 0.05) is 23.9 Å². The molecule has 0 atom stereocenters. The van der Waals surface area contributed by atoms with Gasteiger partial charge in [0.25, 0.3) is 0 Å². The number of methoxy groups -OCH3 is 2. The van der Waals surface area contributed by atoms with Crippen molar-refractivity contribution in [2.24, 2.45) is 0 Å². The lowest BCUT2D eigenvalue weighted by Crippen LogP contribution is -2.00. The quantitative estimate of drug-likeness (QED) is 0.782. The number of phenols is 2. The number of aromatic hydroxyl groups is 2. The molecule has 5 heteroatoms. The summed E-state index contributed by atoms with van der Waals surface area (Å²) in [5.74, 6) is 1.35. The number of benzene rings is 2. The van der Waals surface area contributed by atoms with E-state index in [9.17, 15) is 10.2 Å². The van der Waals surface area contributed by atoms with Crippen LogP contribution in [0.25, 0.3) is 0 Å². The standard InChI is InChI=1S/C15H17NO4/c1-19-12-4-5-13(17)10(7-12)9-16-11-3-6-15(20-2)14(18)8-11/h3-8,16-18H,9H2,1-2H3. The summed E-state index contributed by atoms with van der Waals surface area (Å²) in [5, 5.41) is 22.6. The molecule has 0 saturated heterocycles. The predicted molar refractivity (Wildman–Crippen MR) is 76.6 cm³/mol. The van der Waals surface area contributed by atoms with Crippen LogP contribution in [0.1, 0.15) is 5.56 Å². The van der Waals surface area contributed by atoms with E-state index < -0.39 is 0 Å². The number of rotatable bonds is 5. The van der Waals surface area contributed by atoms with Crippen molar-refractivity contribution in [2.45, 2.75) is 6.54 Å². The van der Waals surface area contributed by atoms with Gasteiger partial charge in [0.15, 0.2) is 11.5 Å². The first kappa shape index (κ1) is 13.9. The summed E-state index contributed by atoms with van der Waals surface area (Å²) in [5.41, 5.74) is 1.44. The van der Waals surface area contributed by atoms with Crippen molar-refractivity contribution in [3.8, 4) is 23.0 Å². The molecule has 0 radical (unpaired) electrons. The number of nitrogens with one attached hydrogen (secondary N) is 1. The van der Waals surface area contributed by atoms with Crippen molar-refractivity contribution in [3.63, 3.8) is 0 Å². The van der Waals surface area contributed by atoms with Gasteiger partial charge in [-0.15, -0.1) is 0 Å². The average molecular weight is 275 g/mol. The van der Waals surface area contributed by atoms with Crippen LogP contribution in [0, 0.1) is 0 Å². The first-order valence-electron chi connectivity index (χ1n) is 6.11. The fourth-order valence-electron chi connectivity index (χ4n) is 1.83. The van der Waals surface area contributed by atoms with E-state index in [2.05, 4.69) is 5.32 Å². The van der Waals surface area contributed by atoms with Crippen molar-refractivity contribution in [1.29, 1.82) is 0 Å². The molecule has 5 nitrogen and oxygen atoms in total. The third-order valence-electron chi connectivity index (χ3n) is 2.95. The minimum Gasteiger partial charge on any atom is -0.508 e. The first-order valence-corrected chi connectivity index (χ1v) is 6.11. The zero-order valence-electron chi connectivity index (χ0n) is 11.4. The first-order chi connectivity index (χ1) is 9.63. The molecule has 0 bridgehead atoms. The van der Waals surface area contributed by atoms with E-state index in [1.807, 2.05) is 0 Å². The van der Waals surface area contributed by atoms with E-state index in [0.717, 1.165) is 5.69 Å². The van der Waals surface area contributed by atoms with Gasteiger partial charge in [-0.2, -0.15) is 0 Å². The summed E-state index contributed by atoms with van der Waals surface area (Å²) in [6.07, 6.45) is 0. The third kappa shape index (κ3) is 3.06. The van der Waals surface area contributed by atoms with Crippen LogP contribution in [0.3, 0.4) is 0 Å². The molecule has 0 spiro atoms. The Labute approximate surface area is 117 Å². The number of anilines is 1. The molecule has 0 aromatic heterocycles. The van der Waals surface area contributed by atoms with Gasteiger partial charge in [0.05, 0.1) is 14.2 Å². The summed E-state index contributed by atoms with van der Waals surface area (Å²) in [7, 11) is 3.07. The summed E-state index contributed by atoms with van der Waals surface area (Å²) in [6, 6.07) is 10.1. The smallest absolute Gasteiger partial charge is 0.160 e. The number of hydrogen-bond acceptors (Lipinski definition) is 5. The Morgan fingerprint density at radius 2 is 1.75 bits per heavy atom. The Kier molecular flexibility index (Phi) is 4.20. The fourth-order valence-corrected chi connectivity index (χ4v) is 1.83. The molecule has 2 aromatic carbocycles. The SMILES string of the molecule is COc1ccc(O)c(CNc2ccc(OC)c(O)c2)c1. The lowest BCUT2D eigenvalue weighted by molar-refractivity contribution is 0.373. The van der Waals surface area contributed by atoms with Crippen molar-refractivity contribution in [2.75, 3.05) is 19.5 Å². The summed E-state index contributed by atoms with van der Waals surface area (Å²) >= 11 is 0. The van der Waals surface area contributed by atoms with Gasteiger partial charge in [-0.05, 0) is 30.3 Å². The molecule has 3 N–H and O–H groups in total. The van der Waals surface area contributed by atoms with Crippen molar-refractivity contribution >= 4 is 5.69 Å². The van der Waals surface area contributed by atoms with E-state index in [1.165, 1.54) is 7.11 Å². The summed E-state index contributed by atoms with van der Waals surface area (Å²) in [6.45, 7) is 0.412. The van der Waals surface area contributed by atoms with Crippen LogP contribution < -0.4 is 14.8 Å². The Bertz CT molecular complexity index is 598. The molecule has 2 rings (SSSR count). The fraction of sp³-hybridized carbons (Fsp3) is 0.200. The van der Waals surface area contributed by atoms with Crippen LogP contribution in [0.5, 0.6) is 23.0 Å². The third-order valence-corrected chi connectivity index (χ3v) is 2.95. The zero-order chi connectivity index (χ0) is 14.5. The van der Waals surface area contributed by atoms with Crippen LogP contribution >= 0.6 is 0 Å². The Morgan fingerprint density at radius 1 is 0.950 bits per heavy atom. The minimum atomic E-state index is 0.0624. The van der Waals surface area contributed by atoms with Gasteiger partial charge in [-0.1, -0.05) is 0 Å². The molecule has 0 aliphatic rings. The summed E-state index contributed by atoms with van der Waals surface area (Å²) < 4.78 is 10.1. The molecule has 0 unspecified atom stereocenters. The normalized spacial score (nSPS) is 10.1. The van der Waals surface area contributed by atoms with Gasteiger partial charge in [-0.25, -0.2) is 0 Å². The van der Waals surface area contributed by atoms with E-state index in [0.29, 0.717) is 23.6 Å². The maximum absolute atomic E-state index is 9.78. The summed E-state index contributed by atoms with van der Waals surface area (Å²) in [4.78, 5) is 0. The number of hydrogen-bond donors (Lipinski definition) is 3. The second-order valence-electron chi connectivity index (χ2n) is 4.23. The molecule has 0 saturated carbocycles. The number of ether oxygens (including phenoxy) is 2. The Morgan fingerprint density at radius 3 is 2.40 bits per heavy atom. The molecule has 0 fully saturated rings. The lowest BCUT2D eigenvalue weighted by atomic mass is 10.2. The highest BCUT2D eigenvalue weighted by Gasteiger charge is 2.05. The van der Waals surface area contributed by atoms with E-state index in [-0.39, 0.29) is 11.5 Å². The van der Waals surface area contributed by atoms with Crippen molar-refractivity contribution < 1.29 is 19.7 Å². The monoisotopic (exact) mass is 275 g/mol. The molecule has 20 heavy (non-hydrogen) atoms. The van der Waals surface area contributed by atoms with Crippen LogP contribution in [-0.4, -0.2) is 24.4 Å². The van der Waals surface area contributed by atoms with Crippen LogP contribution in [-0.2, 0) is 6.54 Å². The van der Waals surface area contributed by atoms with Crippen LogP contribution in [0.15, 0.2) is 36.4 Å². The maximum Gasteiger partial charge on any atom is 0.160 e. The molecule has 2 aromatic rings. The lowest BCUT2D eigenvalue weighted by Gasteiger charge is -2.11. The minimum absolute atomic E-state index is 0.0624. The van der Waals surface area contributed by atoms with Crippen LogP contribution in [0.2, 0.25) is 0 Å². The largest absolute Gasteiger partial charge is 0.508 e. The van der Waals surface area contributed by atoms with E-state index in [4.69, 9.17) is 9.47 Å². The molecular formula is C15H17NO4. The highest BCUT2D eigenvalue weighted by molar-refractivity contribution is 5.54. The Balaban J connectivity index is 2.10. The molecule has 0 amide bonds. The predicted octanol–water partition coefficient (Wildman–Crippen LogP) is 2.73. The topological polar surface area (TPSA) is 71.0 Å². The average Bonchev–Trinajstić information content (AvgIpc) is 2.46. The van der Waals surface area contributed by atoms with Gasteiger partial charge >= 0.3 is 0 Å². The van der Waals surface area contributed by atoms with Crippen molar-refractivity contribution in [1.82, 2.24) is 0 Å². The van der Waals surface area contributed by atoms with Crippen LogP contribution in [0.4, 0.5) is 5.69 Å². The highest BCUT2D eigenvalue weighted by atomic mass is 16.5. The number of phenolic OH excluding ortho intramolecular Hbond substituents is 2. The zero-order valence-corrected chi connectivity index (χ0v) is 11.4. The van der Waals surface area contributed by atoms with Crippen molar-refractivity contribution in [3.05, 3.63) is 42.0 Å². The second-order valence-corrected chi connectivity index (χ2v) is 4.23. The maximum atomic E-state index is 9.78. The molecule has 106 valence electrons. The van der Waals surface area contributed by atoms with Gasteiger partial charge in [0.1, 0.15) is 11.5 Å². The second kappa shape index (κ2) is 6.06. The van der Waals surface area contributed by atoms with Gasteiger partial charge in [-0.3, -0.25) is 0 Å². The Hall–Kier alpha value is -2.56. The molecule has 0 aliphatic carbocycles. The van der Waals surface area contributed by atoms with E-state index in [1.54, 1.807) is 43.5 Å². The van der Waals surface area contributed by atoms with Gasteiger partial charge in [0.2, 0.25) is 0 Å². The molecule has 0 aliphatic heterocycles. The van der Waals surface area contributed by atoms with E-state index >= 15 is 0 Å². The van der Waals surface area contributed by atoms with Gasteiger partial charge < -0.3 is 25.0 Å². The molecular weight excluding hydrogens is 258 g/mol. The molecule has 0 heterocycles. The highest BCUT2D eigenvalue weighted by Crippen LogP contribution is 2.29.